The molecule has 0 atom stereocenters. The number of carbonyl (C=O) groups is 2. The summed E-state index contributed by atoms with van der Waals surface area (Å²) in [4.78, 5) is 24.5. The Hall–Kier alpha value is -4.17. The van der Waals surface area contributed by atoms with Gasteiger partial charge in [-0.1, -0.05) is 48.0 Å². The highest BCUT2D eigenvalue weighted by molar-refractivity contribution is 6.31. The van der Waals surface area contributed by atoms with E-state index in [2.05, 4.69) is 15.5 Å². The van der Waals surface area contributed by atoms with Crippen LogP contribution in [0.3, 0.4) is 0 Å². The lowest BCUT2D eigenvalue weighted by atomic mass is 10.2. The number of ether oxygens (including phenoxy) is 1. The van der Waals surface area contributed by atoms with E-state index in [4.69, 9.17) is 16.3 Å². The number of methoxy groups -OCH3 is 1. The van der Waals surface area contributed by atoms with Crippen LogP contribution in [0.25, 0.3) is 10.9 Å². The number of carbonyl (C=O) groups excluding carboxylic acids is 2. The molecule has 0 spiro atoms. The summed E-state index contributed by atoms with van der Waals surface area (Å²) in [7, 11) is 1.53. The normalized spacial score (nSPS) is 11.1. The van der Waals surface area contributed by atoms with Crippen molar-refractivity contribution in [3.05, 3.63) is 88.9 Å². The largest absolute Gasteiger partial charge is 0.497 e. The van der Waals surface area contributed by atoms with Gasteiger partial charge in [-0.05, 0) is 42.0 Å². The van der Waals surface area contributed by atoms with E-state index in [1.165, 1.54) is 7.11 Å². The number of aromatic nitrogens is 1. The number of benzene rings is 3. The fourth-order valence-corrected chi connectivity index (χ4v) is 3.66. The van der Waals surface area contributed by atoms with Crippen molar-refractivity contribution >= 4 is 40.0 Å². The summed E-state index contributed by atoms with van der Waals surface area (Å²) in [6, 6.07) is 21.1. The summed E-state index contributed by atoms with van der Waals surface area (Å²) >= 11 is 6.28. The van der Waals surface area contributed by atoms with Gasteiger partial charge in [0.1, 0.15) is 12.3 Å². The third-order valence-electron chi connectivity index (χ3n) is 5.22. The van der Waals surface area contributed by atoms with Crippen molar-refractivity contribution in [2.24, 2.45) is 10.2 Å². The fourth-order valence-electron chi connectivity index (χ4n) is 3.47. The molecule has 172 valence electrons. The third-order valence-corrected chi connectivity index (χ3v) is 5.59. The van der Waals surface area contributed by atoms with E-state index in [0.717, 1.165) is 5.56 Å². The number of nitrogens with one attached hydrogen (secondary N) is 1. The zero-order chi connectivity index (χ0) is 24.1. The van der Waals surface area contributed by atoms with E-state index in [1.54, 1.807) is 47.0 Å². The van der Waals surface area contributed by atoms with Crippen LogP contribution in [-0.4, -0.2) is 35.1 Å². The highest BCUT2D eigenvalue weighted by atomic mass is 35.5. The highest BCUT2D eigenvalue weighted by Crippen LogP contribution is 2.39. The fraction of sp³-hybridized carbons (Fsp3) is 0.120. The molecule has 0 bridgehead atoms. The Kier molecular flexibility index (Phi) is 6.89. The van der Waals surface area contributed by atoms with E-state index in [0.29, 0.717) is 33.8 Å². The van der Waals surface area contributed by atoms with Crippen molar-refractivity contribution in [3.63, 3.8) is 0 Å². The lowest BCUT2D eigenvalue weighted by molar-refractivity contribution is -0.117. The number of rotatable bonds is 7. The summed E-state index contributed by atoms with van der Waals surface area (Å²) < 4.78 is 6.71. The molecule has 1 heterocycles. The average Bonchev–Trinajstić information content (AvgIpc) is 3.13. The van der Waals surface area contributed by atoms with Crippen LogP contribution in [0.15, 0.2) is 83.0 Å². The smallest absolute Gasteiger partial charge is 0.283 e. The zero-order valence-corrected chi connectivity index (χ0v) is 19.0. The topological polar surface area (TPSA) is 105 Å². The maximum atomic E-state index is 12.2. The Bertz CT molecular complexity index is 1380. The van der Waals surface area contributed by atoms with Crippen LogP contribution in [0.2, 0.25) is 5.02 Å². The van der Waals surface area contributed by atoms with Crippen LogP contribution in [0.5, 0.6) is 11.6 Å². The molecule has 0 aliphatic carbocycles. The number of aromatic hydroxyl groups is 1. The standard InChI is InChI=1S/C25H21ClN4O4/c1-34-18-12-10-16(11-13-18)24(32)27-14-22(31)28-29-23-19-7-3-5-9-21(19)30(25(23)33)15-17-6-2-4-8-20(17)26/h2-13,33H,14-15H2,1H3,(H,27,32). The second kappa shape index (κ2) is 10.2. The molecule has 0 fully saturated rings. The first kappa shape index (κ1) is 23.0. The molecule has 34 heavy (non-hydrogen) atoms. The molecule has 2 amide bonds. The number of amides is 2. The van der Waals surface area contributed by atoms with E-state index in [1.807, 2.05) is 30.3 Å². The molecular formula is C25H21ClN4O4. The maximum absolute atomic E-state index is 12.2. The van der Waals surface area contributed by atoms with Gasteiger partial charge in [-0.15, -0.1) is 10.2 Å². The average molecular weight is 477 g/mol. The van der Waals surface area contributed by atoms with Crippen LogP contribution >= 0.6 is 11.6 Å². The quantitative estimate of drug-likeness (QED) is 0.362. The molecule has 8 nitrogen and oxygen atoms in total. The molecule has 0 aliphatic rings. The Morgan fingerprint density at radius 2 is 1.74 bits per heavy atom. The highest BCUT2D eigenvalue weighted by Gasteiger charge is 2.18. The number of hydrogen-bond donors (Lipinski definition) is 2. The van der Waals surface area contributed by atoms with Crippen LogP contribution in [0, 0.1) is 0 Å². The van der Waals surface area contributed by atoms with Crippen LogP contribution in [-0.2, 0) is 11.3 Å². The molecule has 0 radical (unpaired) electrons. The predicted octanol–water partition coefficient (Wildman–Crippen LogP) is 5.10. The minimum absolute atomic E-state index is 0.139. The Balaban J connectivity index is 1.50. The number of halogens is 1. The van der Waals surface area contributed by atoms with Crippen molar-refractivity contribution < 1.29 is 19.4 Å². The SMILES string of the molecule is COc1ccc(C(=O)NCC(=O)N=Nc2c(O)n(Cc3ccccc3Cl)c3ccccc23)cc1. The van der Waals surface area contributed by atoms with E-state index < -0.39 is 11.8 Å². The Morgan fingerprint density at radius 3 is 2.47 bits per heavy atom. The van der Waals surface area contributed by atoms with Crippen LogP contribution in [0.1, 0.15) is 15.9 Å². The summed E-state index contributed by atoms with van der Waals surface area (Å²) in [6.07, 6.45) is 0. The minimum Gasteiger partial charge on any atom is -0.497 e. The molecule has 3 aromatic carbocycles. The second-order valence-corrected chi connectivity index (χ2v) is 7.78. The zero-order valence-electron chi connectivity index (χ0n) is 18.2. The number of fused-ring (bicyclic) bond motifs is 1. The van der Waals surface area contributed by atoms with Gasteiger partial charge in [0.25, 0.3) is 11.8 Å². The number of hydrogen-bond acceptors (Lipinski definition) is 5. The lowest BCUT2D eigenvalue weighted by Gasteiger charge is -2.08. The monoisotopic (exact) mass is 476 g/mol. The molecular weight excluding hydrogens is 456 g/mol. The minimum atomic E-state index is -0.663. The van der Waals surface area contributed by atoms with E-state index >= 15 is 0 Å². The van der Waals surface area contributed by atoms with Gasteiger partial charge >= 0.3 is 0 Å². The number of azo groups is 1. The number of para-hydroxylation sites is 1. The van der Waals surface area contributed by atoms with Gasteiger partial charge in [0.2, 0.25) is 5.88 Å². The van der Waals surface area contributed by atoms with Crippen molar-refractivity contribution in [2.45, 2.75) is 6.54 Å². The first-order valence-electron chi connectivity index (χ1n) is 10.4. The van der Waals surface area contributed by atoms with Gasteiger partial charge in [0.05, 0.1) is 19.2 Å². The van der Waals surface area contributed by atoms with E-state index in [9.17, 15) is 14.7 Å². The lowest BCUT2D eigenvalue weighted by Crippen LogP contribution is -2.28. The van der Waals surface area contributed by atoms with Crippen molar-refractivity contribution in [1.29, 1.82) is 0 Å². The van der Waals surface area contributed by atoms with Gasteiger partial charge in [-0.2, -0.15) is 0 Å². The van der Waals surface area contributed by atoms with Crippen molar-refractivity contribution in [3.8, 4) is 11.6 Å². The summed E-state index contributed by atoms with van der Waals surface area (Å²) in [6.45, 7) is -0.0270. The maximum Gasteiger partial charge on any atom is 0.283 e. The molecule has 0 saturated carbocycles. The van der Waals surface area contributed by atoms with Crippen molar-refractivity contribution in [2.75, 3.05) is 13.7 Å². The Morgan fingerprint density at radius 1 is 1.03 bits per heavy atom. The van der Waals surface area contributed by atoms with E-state index in [-0.39, 0.29) is 18.1 Å². The number of nitrogens with zero attached hydrogens (tertiary/aromatic N) is 3. The molecule has 4 aromatic rings. The van der Waals surface area contributed by atoms with Gasteiger partial charge < -0.3 is 19.7 Å². The van der Waals surface area contributed by atoms with Crippen LogP contribution < -0.4 is 10.1 Å². The predicted molar refractivity (Wildman–Crippen MR) is 129 cm³/mol. The summed E-state index contributed by atoms with van der Waals surface area (Å²) in [5, 5.41) is 22.3. The molecule has 0 aliphatic heterocycles. The van der Waals surface area contributed by atoms with Crippen molar-refractivity contribution in [1.82, 2.24) is 9.88 Å². The molecule has 2 N–H and O–H groups in total. The molecule has 1 aromatic heterocycles. The molecule has 9 heteroatoms. The molecule has 4 rings (SSSR count). The van der Waals surface area contributed by atoms with Gasteiger partial charge in [0.15, 0.2) is 5.69 Å². The summed E-state index contributed by atoms with van der Waals surface area (Å²) in [5.41, 5.74) is 2.08. The molecule has 0 saturated heterocycles. The molecule has 0 unspecified atom stereocenters. The Labute approximate surface area is 200 Å². The van der Waals surface area contributed by atoms with Gasteiger partial charge in [-0.25, -0.2) is 0 Å². The summed E-state index contributed by atoms with van der Waals surface area (Å²) in [5.74, 6) is -0.607. The first-order chi connectivity index (χ1) is 16.5. The third kappa shape index (κ3) is 4.92. The van der Waals surface area contributed by atoms with Crippen LogP contribution in [0.4, 0.5) is 5.69 Å². The van der Waals surface area contributed by atoms with Gasteiger partial charge in [0, 0.05) is 16.0 Å². The van der Waals surface area contributed by atoms with Gasteiger partial charge in [-0.3, -0.25) is 9.59 Å². The second-order valence-electron chi connectivity index (χ2n) is 7.37. The first-order valence-corrected chi connectivity index (χ1v) is 10.8.